The van der Waals surface area contributed by atoms with Gasteiger partial charge in [0, 0.05) is 13.1 Å². The summed E-state index contributed by atoms with van der Waals surface area (Å²) >= 11 is 0. The molecule has 0 aromatic heterocycles. The van der Waals surface area contributed by atoms with Gasteiger partial charge in [0.25, 0.3) is 0 Å². The summed E-state index contributed by atoms with van der Waals surface area (Å²) in [6.45, 7) is 0.694. The molecule has 0 spiro atoms. The van der Waals surface area contributed by atoms with Gasteiger partial charge in [-0.2, -0.15) is 0 Å². The van der Waals surface area contributed by atoms with Crippen LogP contribution in [0.15, 0.2) is 0 Å². The number of halogens is 1. The van der Waals surface area contributed by atoms with Crippen molar-refractivity contribution in [3.8, 4) is 0 Å². The van der Waals surface area contributed by atoms with Crippen molar-refractivity contribution in [2.75, 3.05) is 13.1 Å². The van der Waals surface area contributed by atoms with Crippen LogP contribution in [0.1, 0.15) is 6.42 Å². The second-order valence-corrected chi connectivity index (χ2v) is 2.53. The van der Waals surface area contributed by atoms with E-state index in [1.54, 1.807) is 0 Å². The summed E-state index contributed by atoms with van der Waals surface area (Å²) in [6, 6.07) is 0. The Kier molecular flexibility index (Phi) is 2.21. The Bertz CT molecular complexity index is 140. The lowest BCUT2D eigenvalue weighted by molar-refractivity contribution is -0.142. The fourth-order valence-electron chi connectivity index (χ4n) is 1.08. The quantitative estimate of drug-likeness (QED) is 0.549. The summed E-state index contributed by atoms with van der Waals surface area (Å²) in [5.41, 5.74) is 0. The van der Waals surface area contributed by atoms with Gasteiger partial charge in [0.1, 0.15) is 6.17 Å². The monoisotopic (exact) mass is 147 g/mol. The first-order chi connectivity index (χ1) is 4.70. The van der Waals surface area contributed by atoms with Crippen molar-refractivity contribution in [2.45, 2.75) is 12.6 Å². The highest BCUT2D eigenvalue weighted by molar-refractivity contribution is 5.70. The lowest BCUT2D eigenvalue weighted by atomic mass is 9.99. The van der Waals surface area contributed by atoms with E-state index < -0.39 is 18.1 Å². The number of hydrogen-bond acceptors (Lipinski definition) is 2. The summed E-state index contributed by atoms with van der Waals surface area (Å²) in [5.74, 6) is -1.45. The third-order valence-corrected chi connectivity index (χ3v) is 1.65. The Labute approximate surface area is 58.2 Å². The molecule has 1 saturated heterocycles. The standard InChI is InChI=1S/C6H10FNO2/c7-5-1-4(6(9)10)2-8-3-5/h4-5,8H,1-3H2,(H,9,10)/t4-,5+/m0/s1. The number of carboxylic acids is 1. The van der Waals surface area contributed by atoms with E-state index in [0.29, 0.717) is 13.1 Å². The summed E-state index contributed by atoms with van der Waals surface area (Å²) in [7, 11) is 0. The number of rotatable bonds is 1. The van der Waals surface area contributed by atoms with Crippen LogP contribution in [0.2, 0.25) is 0 Å². The lowest BCUT2D eigenvalue weighted by Gasteiger charge is -2.21. The molecule has 58 valence electrons. The minimum absolute atomic E-state index is 0.155. The van der Waals surface area contributed by atoms with Crippen LogP contribution in [0.3, 0.4) is 0 Å². The summed E-state index contributed by atoms with van der Waals surface area (Å²) in [6.07, 6.45) is -0.836. The number of nitrogens with one attached hydrogen (secondary N) is 1. The SMILES string of the molecule is O=C(O)[C@@H]1CNC[C@H](F)C1. The maximum Gasteiger partial charge on any atom is 0.307 e. The summed E-state index contributed by atoms with van der Waals surface area (Å²) < 4.78 is 12.5. The first kappa shape index (κ1) is 7.47. The lowest BCUT2D eigenvalue weighted by Crippen LogP contribution is -2.40. The normalized spacial score (nSPS) is 33.7. The van der Waals surface area contributed by atoms with Crippen LogP contribution in [-0.2, 0) is 4.79 Å². The van der Waals surface area contributed by atoms with E-state index in [0.717, 1.165) is 0 Å². The predicted molar refractivity (Wildman–Crippen MR) is 33.5 cm³/mol. The van der Waals surface area contributed by atoms with Gasteiger partial charge in [-0.05, 0) is 6.42 Å². The maximum absolute atomic E-state index is 12.5. The molecule has 0 aliphatic carbocycles. The molecular formula is C6H10FNO2. The molecule has 0 radical (unpaired) electrons. The Morgan fingerprint density at radius 2 is 2.30 bits per heavy atom. The van der Waals surface area contributed by atoms with Crippen LogP contribution < -0.4 is 5.32 Å². The van der Waals surface area contributed by atoms with E-state index in [9.17, 15) is 9.18 Å². The van der Waals surface area contributed by atoms with Gasteiger partial charge in [0.2, 0.25) is 0 Å². The molecule has 4 heteroatoms. The first-order valence-corrected chi connectivity index (χ1v) is 3.27. The number of piperidine rings is 1. The molecule has 1 aliphatic heterocycles. The molecule has 3 nitrogen and oxygen atoms in total. The molecule has 2 atom stereocenters. The van der Waals surface area contributed by atoms with Crippen LogP contribution in [-0.4, -0.2) is 30.3 Å². The van der Waals surface area contributed by atoms with E-state index in [1.807, 2.05) is 0 Å². The highest BCUT2D eigenvalue weighted by atomic mass is 19.1. The third-order valence-electron chi connectivity index (χ3n) is 1.65. The predicted octanol–water partition coefficient (Wildman–Crippen LogP) is 0.0186. The summed E-state index contributed by atoms with van der Waals surface area (Å²) in [5, 5.41) is 11.2. The molecule has 0 saturated carbocycles. The Morgan fingerprint density at radius 1 is 1.60 bits per heavy atom. The Balaban J connectivity index is 2.39. The maximum atomic E-state index is 12.5. The fourth-order valence-corrected chi connectivity index (χ4v) is 1.08. The average molecular weight is 147 g/mol. The zero-order valence-electron chi connectivity index (χ0n) is 5.51. The molecule has 0 unspecified atom stereocenters. The van der Waals surface area contributed by atoms with Crippen molar-refractivity contribution in [1.29, 1.82) is 0 Å². The van der Waals surface area contributed by atoms with Crippen molar-refractivity contribution >= 4 is 5.97 Å². The van der Waals surface area contributed by atoms with Gasteiger partial charge in [0.15, 0.2) is 0 Å². The number of carboxylic acid groups (broad SMARTS) is 1. The van der Waals surface area contributed by atoms with Crippen molar-refractivity contribution in [1.82, 2.24) is 5.32 Å². The van der Waals surface area contributed by atoms with Crippen molar-refractivity contribution < 1.29 is 14.3 Å². The molecule has 1 fully saturated rings. The number of carbonyl (C=O) groups is 1. The minimum atomic E-state index is -0.991. The molecule has 1 heterocycles. The Hall–Kier alpha value is -0.640. The van der Waals surface area contributed by atoms with Crippen molar-refractivity contribution in [3.63, 3.8) is 0 Å². The van der Waals surface area contributed by atoms with Gasteiger partial charge in [-0.15, -0.1) is 0 Å². The van der Waals surface area contributed by atoms with Gasteiger partial charge in [0.05, 0.1) is 5.92 Å². The third kappa shape index (κ3) is 1.67. The second kappa shape index (κ2) is 2.96. The molecule has 0 aromatic carbocycles. The molecule has 2 N–H and O–H groups in total. The zero-order chi connectivity index (χ0) is 7.56. The summed E-state index contributed by atoms with van der Waals surface area (Å²) in [4.78, 5) is 10.3. The highest BCUT2D eigenvalue weighted by Gasteiger charge is 2.25. The molecule has 1 rings (SSSR count). The van der Waals surface area contributed by atoms with E-state index in [4.69, 9.17) is 5.11 Å². The highest BCUT2D eigenvalue weighted by Crippen LogP contribution is 2.12. The largest absolute Gasteiger partial charge is 0.481 e. The van der Waals surface area contributed by atoms with Crippen LogP contribution in [0, 0.1) is 5.92 Å². The van der Waals surface area contributed by atoms with Gasteiger partial charge in [-0.1, -0.05) is 0 Å². The van der Waals surface area contributed by atoms with Gasteiger partial charge < -0.3 is 10.4 Å². The first-order valence-electron chi connectivity index (χ1n) is 3.27. The van der Waals surface area contributed by atoms with E-state index in [-0.39, 0.29) is 6.42 Å². The molecule has 1 aliphatic rings. The minimum Gasteiger partial charge on any atom is -0.481 e. The fraction of sp³-hybridized carbons (Fsp3) is 0.833. The number of alkyl halides is 1. The van der Waals surface area contributed by atoms with Gasteiger partial charge in [-0.3, -0.25) is 4.79 Å². The number of hydrogen-bond donors (Lipinski definition) is 2. The molecule has 0 amide bonds. The Morgan fingerprint density at radius 3 is 2.70 bits per heavy atom. The molecule has 0 aromatic rings. The molecule has 10 heavy (non-hydrogen) atoms. The molecule has 0 bridgehead atoms. The van der Waals surface area contributed by atoms with E-state index in [1.165, 1.54) is 0 Å². The van der Waals surface area contributed by atoms with Crippen LogP contribution in [0.25, 0.3) is 0 Å². The second-order valence-electron chi connectivity index (χ2n) is 2.53. The van der Waals surface area contributed by atoms with Crippen molar-refractivity contribution in [3.05, 3.63) is 0 Å². The van der Waals surface area contributed by atoms with Crippen LogP contribution >= 0.6 is 0 Å². The van der Waals surface area contributed by atoms with Crippen molar-refractivity contribution in [2.24, 2.45) is 5.92 Å². The zero-order valence-corrected chi connectivity index (χ0v) is 5.51. The topological polar surface area (TPSA) is 49.3 Å². The number of aliphatic carboxylic acids is 1. The van der Waals surface area contributed by atoms with Crippen LogP contribution in [0.4, 0.5) is 4.39 Å². The van der Waals surface area contributed by atoms with Gasteiger partial charge in [-0.25, -0.2) is 4.39 Å². The van der Waals surface area contributed by atoms with E-state index >= 15 is 0 Å². The average Bonchev–Trinajstić information content (AvgIpc) is 1.88. The van der Waals surface area contributed by atoms with Crippen LogP contribution in [0.5, 0.6) is 0 Å². The molecular weight excluding hydrogens is 137 g/mol. The van der Waals surface area contributed by atoms with E-state index in [2.05, 4.69) is 5.32 Å². The smallest absolute Gasteiger partial charge is 0.307 e. The van der Waals surface area contributed by atoms with Gasteiger partial charge >= 0.3 is 5.97 Å².